The number of carbonyl (C=O) groups excluding carboxylic acids is 2. The van der Waals surface area contributed by atoms with Crippen molar-refractivity contribution in [2.24, 2.45) is 0 Å². The summed E-state index contributed by atoms with van der Waals surface area (Å²) in [6.45, 7) is 0. The number of hydrogen-bond donors (Lipinski definition) is 2. The van der Waals surface area contributed by atoms with Gasteiger partial charge in [-0.1, -0.05) is 0 Å². The summed E-state index contributed by atoms with van der Waals surface area (Å²) in [5.74, 6) is -2.54. The van der Waals surface area contributed by atoms with E-state index in [9.17, 15) is 18.0 Å². The highest BCUT2D eigenvalue weighted by molar-refractivity contribution is 7.74. The molecule has 2 atom stereocenters. The molecule has 0 radical (unpaired) electrons. The molecular formula is C4H4O8S2. The van der Waals surface area contributed by atoms with Gasteiger partial charge in [0.15, 0.2) is 0 Å². The van der Waals surface area contributed by atoms with Gasteiger partial charge in [0.05, 0.1) is 0 Å². The van der Waals surface area contributed by atoms with Gasteiger partial charge in [-0.25, -0.2) is 9.59 Å². The van der Waals surface area contributed by atoms with Gasteiger partial charge in [0.2, 0.25) is 0 Å². The Morgan fingerprint density at radius 1 is 0.929 bits per heavy atom. The van der Waals surface area contributed by atoms with E-state index in [4.69, 9.17) is 9.11 Å². The molecule has 0 bridgehead atoms. The van der Waals surface area contributed by atoms with Crippen molar-refractivity contribution in [3.8, 4) is 0 Å². The average molecular weight is 244 g/mol. The van der Waals surface area contributed by atoms with E-state index in [1.165, 1.54) is 0 Å². The Morgan fingerprint density at radius 2 is 1.21 bits per heavy atom. The maximum absolute atomic E-state index is 10.4. The van der Waals surface area contributed by atoms with Crippen LogP contribution in [0.2, 0.25) is 0 Å². The Balaban J connectivity index is 4.04. The van der Waals surface area contributed by atoms with Crippen molar-refractivity contribution in [1.29, 1.82) is 0 Å². The summed E-state index contributed by atoms with van der Waals surface area (Å²) in [6.07, 6.45) is 0.923. The number of carbonyl (C=O) groups is 2. The van der Waals surface area contributed by atoms with Crippen LogP contribution in [0.1, 0.15) is 0 Å². The van der Waals surface area contributed by atoms with Crippen molar-refractivity contribution in [1.82, 2.24) is 0 Å². The van der Waals surface area contributed by atoms with Crippen LogP contribution in [-0.4, -0.2) is 29.5 Å². The van der Waals surface area contributed by atoms with Crippen LogP contribution >= 0.6 is 0 Å². The molecule has 0 amide bonds. The SMILES string of the molecule is O=C(/C=C\C(=O)OS(=O)O)OS(=O)O. The largest absolute Gasteiger partial charge is 0.360 e. The van der Waals surface area contributed by atoms with E-state index in [1.807, 2.05) is 0 Å². The summed E-state index contributed by atoms with van der Waals surface area (Å²) in [6, 6.07) is 0. The van der Waals surface area contributed by atoms with Crippen molar-refractivity contribution in [2.75, 3.05) is 0 Å². The van der Waals surface area contributed by atoms with Gasteiger partial charge in [-0.05, 0) is 0 Å². The molecule has 0 aromatic heterocycles. The summed E-state index contributed by atoms with van der Waals surface area (Å²) in [5, 5.41) is 0. The fourth-order valence-electron chi connectivity index (χ4n) is 0.332. The first-order valence-electron chi connectivity index (χ1n) is 2.76. The van der Waals surface area contributed by atoms with E-state index in [0.717, 1.165) is 0 Å². The molecule has 0 heterocycles. The van der Waals surface area contributed by atoms with Crippen LogP contribution < -0.4 is 0 Å². The van der Waals surface area contributed by atoms with Gasteiger partial charge in [0.25, 0.3) is 0 Å². The van der Waals surface area contributed by atoms with Crippen LogP contribution in [-0.2, 0) is 40.7 Å². The zero-order chi connectivity index (χ0) is 11.1. The monoisotopic (exact) mass is 244 g/mol. The highest BCUT2D eigenvalue weighted by Gasteiger charge is 2.05. The Kier molecular flexibility index (Phi) is 5.87. The standard InChI is InChI=1S/C4H4O8S2/c5-3(11-13(7)8)1-2-4(6)12-14(9)10/h1-2H,(H,7,8)(H,9,10)/b2-1-. The van der Waals surface area contributed by atoms with Gasteiger partial charge < -0.3 is 8.37 Å². The minimum Gasteiger partial charge on any atom is -0.340 e. The van der Waals surface area contributed by atoms with E-state index in [2.05, 4.69) is 8.37 Å². The predicted octanol–water partition coefficient (Wildman–Crippen LogP) is -1.10. The van der Waals surface area contributed by atoms with Gasteiger partial charge in [0.1, 0.15) is 0 Å². The van der Waals surface area contributed by atoms with Crippen molar-refractivity contribution in [3.05, 3.63) is 12.2 Å². The third kappa shape index (κ3) is 7.54. The van der Waals surface area contributed by atoms with E-state index < -0.39 is 34.7 Å². The smallest absolute Gasteiger partial charge is 0.340 e. The molecule has 0 fully saturated rings. The molecular weight excluding hydrogens is 240 g/mol. The van der Waals surface area contributed by atoms with E-state index in [0.29, 0.717) is 12.2 Å². The summed E-state index contributed by atoms with van der Waals surface area (Å²) >= 11 is -5.57. The highest BCUT2D eigenvalue weighted by Crippen LogP contribution is 1.88. The predicted molar refractivity (Wildman–Crippen MR) is 42.9 cm³/mol. The fourth-order valence-corrected chi connectivity index (χ4v) is 0.724. The average Bonchev–Trinajstić information content (AvgIpc) is 1.98. The zero-order valence-corrected chi connectivity index (χ0v) is 7.95. The highest BCUT2D eigenvalue weighted by atomic mass is 32.2. The Morgan fingerprint density at radius 3 is 1.43 bits per heavy atom. The second-order valence-corrected chi connectivity index (χ2v) is 2.77. The molecule has 0 saturated heterocycles. The van der Waals surface area contributed by atoms with E-state index in [1.54, 1.807) is 0 Å². The molecule has 0 saturated carbocycles. The summed E-state index contributed by atoms with van der Waals surface area (Å²) in [4.78, 5) is 20.9. The number of rotatable bonds is 4. The van der Waals surface area contributed by atoms with Crippen LogP contribution in [0.4, 0.5) is 0 Å². The molecule has 0 aliphatic rings. The van der Waals surface area contributed by atoms with Crippen molar-refractivity contribution < 1.29 is 35.5 Å². The fraction of sp³-hybridized carbons (Fsp3) is 0. The quantitative estimate of drug-likeness (QED) is 0.471. The first kappa shape index (κ1) is 12.9. The molecule has 0 aromatic carbocycles. The van der Waals surface area contributed by atoms with Crippen molar-refractivity contribution in [2.45, 2.75) is 0 Å². The lowest BCUT2D eigenvalue weighted by atomic mass is 10.5. The third-order valence-electron chi connectivity index (χ3n) is 0.662. The van der Waals surface area contributed by atoms with Crippen LogP contribution in [0.25, 0.3) is 0 Å². The molecule has 2 N–H and O–H groups in total. The van der Waals surface area contributed by atoms with Gasteiger partial charge in [0, 0.05) is 12.2 Å². The minimum atomic E-state index is -2.78. The maximum Gasteiger partial charge on any atom is 0.360 e. The molecule has 80 valence electrons. The Bertz CT molecular complexity index is 276. The molecule has 0 rings (SSSR count). The van der Waals surface area contributed by atoms with Gasteiger partial charge in [-0.15, -0.1) is 0 Å². The molecule has 8 nitrogen and oxygen atoms in total. The second kappa shape index (κ2) is 6.37. The second-order valence-electron chi connectivity index (χ2n) is 1.57. The van der Waals surface area contributed by atoms with Crippen molar-refractivity contribution >= 4 is 34.7 Å². The van der Waals surface area contributed by atoms with Gasteiger partial charge >= 0.3 is 34.7 Å². The molecule has 0 aliphatic carbocycles. The Hall–Kier alpha value is -1.10. The minimum absolute atomic E-state index is 0.462. The molecule has 14 heavy (non-hydrogen) atoms. The summed E-state index contributed by atoms with van der Waals surface area (Å²) in [5.41, 5.74) is 0. The van der Waals surface area contributed by atoms with Crippen LogP contribution in [0, 0.1) is 0 Å². The summed E-state index contributed by atoms with van der Waals surface area (Å²) in [7, 11) is 0. The topological polar surface area (TPSA) is 127 Å². The lowest BCUT2D eigenvalue weighted by Crippen LogP contribution is -2.06. The molecule has 0 spiro atoms. The van der Waals surface area contributed by atoms with Crippen LogP contribution in [0.15, 0.2) is 12.2 Å². The maximum atomic E-state index is 10.4. The van der Waals surface area contributed by atoms with Crippen LogP contribution in [0.3, 0.4) is 0 Å². The van der Waals surface area contributed by atoms with Crippen molar-refractivity contribution in [3.63, 3.8) is 0 Å². The molecule has 10 heteroatoms. The normalized spacial score (nSPS) is 14.7. The molecule has 2 unspecified atom stereocenters. The van der Waals surface area contributed by atoms with Gasteiger partial charge in [-0.3, -0.25) is 9.11 Å². The lowest BCUT2D eigenvalue weighted by Gasteiger charge is -1.92. The van der Waals surface area contributed by atoms with E-state index >= 15 is 0 Å². The molecule has 0 aromatic rings. The molecule has 0 aliphatic heterocycles. The third-order valence-corrected chi connectivity index (χ3v) is 1.28. The number of hydrogen-bond acceptors (Lipinski definition) is 6. The van der Waals surface area contributed by atoms with Gasteiger partial charge in [-0.2, -0.15) is 8.42 Å². The van der Waals surface area contributed by atoms with Crippen LogP contribution in [0.5, 0.6) is 0 Å². The summed E-state index contributed by atoms with van der Waals surface area (Å²) < 4.78 is 43.1. The first-order valence-corrected chi connectivity index (χ1v) is 4.82. The lowest BCUT2D eigenvalue weighted by molar-refractivity contribution is -0.131. The van der Waals surface area contributed by atoms with E-state index in [-0.39, 0.29) is 0 Å². The first-order chi connectivity index (χ1) is 6.41. The Labute approximate surface area is 82.9 Å². The zero-order valence-electron chi connectivity index (χ0n) is 6.32.